The van der Waals surface area contributed by atoms with E-state index in [9.17, 15) is 14.0 Å². The number of nitrogens with one attached hydrogen (secondary N) is 1. The zero-order valence-electron chi connectivity index (χ0n) is 20.1. The molecule has 1 unspecified atom stereocenters. The Morgan fingerprint density at radius 1 is 1.17 bits per heavy atom. The molecule has 0 saturated carbocycles. The van der Waals surface area contributed by atoms with E-state index in [0.29, 0.717) is 26.2 Å². The van der Waals surface area contributed by atoms with Crippen LogP contribution in [0.15, 0.2) is 30.3 Å². The first-order valence-corrected chi connectivity index (χ1v) is 11.8. The number of carbonyl (C=O) groups excluding carboxylic acids is 1. The third kappa shape index (κ3) is 5.79. The number of nitrogens with zero attached hydrogens (tertiary/aromatic N) is 5. The van der Waals surface area contributed by atoms with Crippen LogP contribution in [0.3, 0.4) is 0 Å². The molecular formula is C24H31FN6O4. The van der Waals surface area contributed by atoms with Gasteiger partial charge in [-0.25, -0.2) is 9.59 Å². The number of anilines is 2. The summed E-state index contributed by atoms with van der Waals surface area (Å²) < 4.78 is 19.5. The van der Waals surface area contributed by atoms with E-state index in [2.05, 4.69) is 20.2 Å². The van der Waals surface area contributed by atoms with Crippen LogP contribution in [0.1, 0.15) is 37.9 Å². The maximum absolute atomic E-state index is 14.3. The van der Waals surface area contributed by atoms with E-state index >= 15 is 0 Å². The Bertz CT molecular complexity index is 1060. The van der Waals surface area contributed by atoms with Gasteiger partial charge in [-0.1, -0.05) is 38.1 Å². The highest BCUT2D eigenvalue weighted by Gasteiger charge is 2.37. The predicted octanol–water partition coefficient (Wildman–Crippen LogP) is 3.57. The second-order valence-electron chi connectivity index (χ2n) is 9.28. The van der Waals surface area contributed by atoms with Crippen molar-refractivity contribution in [2.24, 2.45) is 5.92 Å². The van der Waals surface area contributed by atoms with Gasteiger partial charge in [-0.2, -0.15) is 14.4 Å². The number of carbonyl (C=O) groups is 2. The number of carboxylic acid groups (broad SMARTS) is 1. The maximum atomic E-state index is 14.3. The number of hydrogen-bond donors (Lipinski definition) is 2. The molecule has 10 nitrogen and oxygen atoms in total. The van der Waals surface area contributed by atoms with Crippen LogP contribution in [0.4, 0.5) is 25.7 Å². The summed E-state index contributed by atoms with van der Waals surface area (Å²) in [4.78, 5) is 36.6. The molecule has 2 saturated heterocycles. The molecular weight excluding hydrogens is 455 g/mol. The second-order valence-corrected chi connectivity index (χ2v) is 9.28. The normalized spacial score (nSPS) is 19.7. The van der Waals surface area contributed by atoms with Crippen LogP contribution < -0.4 is 10.2 Å². The summed E-state index contributed by atoms with van der Waals surface area (Å²) in [6.07, 6.45) is -1.41. The van der Waals surface area contributed by atoms with Gasteiger partial charge in [0.25, 0.3) is 0 Å². The molecule has 4 rings (SSSR count). The van der Waals surface area contributed by atoms with Gasteiger partial charge < -0.3 is 20.1 Å². The highest BCUT2D eigenvalue weighted by Crippen LogP contribution is 2.27. The third-order valence-corrected chi connectivity index (χ3v) is 6.48. The Morgan fingerprint density at radius 2 is 1.86 bits per heavy atom. The molecule has 0 radical (unpaired) electrons. The van der Waals surface area contributed by atoms with Crippen molar-refractivity contribution in [2.45, 2.75) is 39.4 Å². The monoisotopic (exact) mass is 486 g/mol. The molecule has 2 aromatic rings. The van der Waals surface area contributed by atoms with Gasteiger partial charge in [-0.05, 0) is 24.0 Å². The van der Waals surface area contributed by atoms with E-state index < -0.39 is 18.1 Å². The number of cyclic esters (lactones) is 1. The molecule has 3 heterocycles. The summed E-state index contributed by atoms with van der Waals surface area (Å²) in [6, 6.07) is 8.76. The van der Waals surface area contributed by atoms with Crippen molar-refractivity contribution in [1.29, 1.82) is 0 Å². The quantitative estimate of drug-likeness (QED) is 0.572. The minimum absolute atomic E-state index is 0.0927. The predicted molar refractivity (Wildman–Crippen MR) is 128 cm³/mol. The summed E-state index contributed by atoms with van der Waals surface area (Å²) in [7, 11) is 0. The number of ether oxygens (including phenoxy) is 1. The Morgan fingerprint density at radius 3 is 2.49 bits per heavy atom. The van der Waals surface area contributed by atoms with Crippen molar-refractivity contribution in [1.82, 2.24) is 19.8 Å². The van der Waals surface area contributed by atoms with E-state index in [1.54, 1.807) is 0 Å². The van der Waals surface area contributed by atoms with E-state index in [1.807, 2.05) is 45.0 Å². The number of amides is 2. The first kappa shape index (κ1) is 24.6. The van der Waals surface area contributed by atoms with Gasteiger partial charge >= 0.3 is 12.2 Å². The van der Waals surface area contributed by atoms with E-state index in [0.717, 1.165) is 23.7 Å². The Balaban J connectivity index is 1.39. The Hall–Kier alpha value is -3.47. The molecule has 0 aliphatic carbocycles. The molecule has 35 heavy (non-hydrogen) atoms. The highest BCUT2D eigenvalue weighted by atomic mass is 19.1. The van der Waals surface area contributed by atoms with Gasteiger partial charge in [0, 0.05) is 38.8 Å². The van der Waals surface area contributed by atoms with Crippen LogP contribution in [0, 0.1) is 11.9 Å². The summed E-state index contributed by atoms with van der Waals surface area (Å²) in [5, 5.41) is 12.2. The molecule has 2 aliphatic heterocycles. The number of rotatable bonds is 7. The Labute approximate surface area is 203 Å². The van der Waals surface area contributed by atoms with E-state index in [4.69, 9.17) is 9.84 Å². The molecule has 0 bridgehead atoms. The fourth-order valence-corrected chi connectivity index (χ4v) is 4.33. The number of halogens is 1. The number of hydrogen-bond acceptors (Lipinski definition) is 7. The lowest BCUT2D eigenvalue weighted by atomic mass is 10.0. The van der Waals surface area contributed by atoms with Gasteiger partial charge in [-0.3, -0.25) is 9.80 Å². The minimum atomic E-state index is -0.870. The number of aromatic nitrogens is 2. The molecule has 2 fully saturated rings. The molecule has 1 aromatic carbocycles. The van der Waals surface area contributed by atoms with Gasteiger partial charge in [0.15, 0.2) is 0 Å². The van der Waals surface area contributed by atoms with Gasteiger partial charge in [0.1, 0.15) is 12.4 Å². The third-order valence-electron chi connectivity index (χ3n) is 6.48. The topological polar surface area (TPSA) is 111 Å². The SMILES string of the molecule is CC(Nc1nc(F)cc(N2C(=O)OC[C@@H]2C(C)C)n1)c1ccc(CN2CCN(C(=O)O)CC2)cc1. The minimum Gasteiger partial charge on any atom is -0.465 e. The highest BCUT2D eigenvalue weighted by molar-refractivity contribution is 5.89. The van der Waals surface area contributed by atoms with Crippen LogP contribution in [0.2, 0.25) is 0 Å². The van der Waals surface area contributed by atoms with Crippen LogP contribution >= 0.6 is 0 Å². The zero-order chi connectivity index (χ0) is 25.1. The molecule has 188 valence electrons. The van der Waals surface area contributed by atoms with Gasteiger partial charge in [-0.15, -0.1) is 0 Å². The largest absolute Gasteiger partial charge is 0.465 e. The Kier molecular flexibility index (Phi) is 7.34. The lowest BCUT2D eigenvalue weighted by Crippen LogP contribution is -2.47. The lowest BCUT2D eigenvalue weighted by molar-refractivity contribution is 0.103. The van der Waals surface area contributed by atoms with Gasteiger partial charge in [0.2, 0.25) is 11.9 Å². The fraction of sp³-hybridized carbons (Fsp3) is 0.500. The maximum Gasteiger partial charge on any atom is 0.415 e. The van der Waals surface area contributed by atoms with Crippen molar-refractivity contribution >= 4 is 24.0 Å². The van der Waals surface area contributed by atoms with Crippen LogP contribution in [0.25, 0.3) is 0 Å². The molecule has 11 heteroatoms. The first-order chi connectivity index (χ1) is 16.7. The van der Waals surface area contributed by atoms with E-state index in [-0.39, 0.29) is 36.4 Å². The lowest BCUT2D eigenvalue weighted by Gasteiger charge is -2.33. The zero-order valence-corrected chi connectivity index (χ0v) is 20.1. The first-order valence-electron chi connectivity index (χ1n) is 11.8. The average Bonchev–Trinajstić information content (AvgIpc) is 3.21. The fourth-order valence-electron chi connectivity index (χ4n) is 4.33. The van der Waals surface area contributed by atoms with Crippen molar-refractivity contribution in [3.05, 3.63) is 47.4 Å². The molecule has 1 aromatic heterocycles. The number of piperazine rings is 1. The second kappa shape index (κ2) is 10.4. The van der Waals surface area contributed by atoms with E-state index in [1.165, 1.54) is 9.80 Å². The smallest absolute Gasteiger partial charge is 0.415 e. The van der Waals surface area contributed by atoms with Crippen molar-refractivity contribution in [2.75, 3.05) is 43.0 Å². The van der Waals surface area contributed by atoms with Crippen molar-refractivity contribution in [3.8, 4) is 0 Å². The van der Waals surface area contributed by atoms with Crippen molar-refractivity contribution < 1.29 is 23.8 Å². The molecule has 0 spiro atoms. The van der Waals surface area contributed by atoms with Crippen molar-refractivity contribution in [3.63, 3.8) is 0 Å². The molecule has 2 atom stereocenters. The molecule has 2 aliphatic rings. The summed E-state index contributed by atoms with van der Waals surface area (Å²) in [5.41, 5.74) is 2.10. The summed E-state index contributed by atoms with van der Waals surface area (Å²) in [5.74, 6) is -0.346. The molecule has 2 N–H and O–H groups in total. The summed E-state index contributed by atoms with van der Waals surface area (Å²) >= 11 is 0. The number of benzene rings is 1. The van der Waals surface area contributed by atoms with Crippen LogP contribution in [-0.2, 0) is 11.3 Å². The van der Waals surface area contributed by atoms with Crippen LogP contribution in [0.5, 0.6) is 0 Å². The average molecular weight is 487 g/mol. The summed E-state index contributed by atoms with van der Waals surface area (Å²) in [6.45, 7) is 9.28. The van der Waals surface area contributed by atoms with Crippen LogP contribution in [-0.4, -0.2) is 75.9 Å². The standard InChI is InChI=1S/C24H31FN6O4/c1-15(2)19-14-35-24(34)31(19)21-12-20(25)27-22(28-21)26-16(3)18-6-4-17(5-7-18)13-29-8-10-30(11-9-29)23(32)33/h4-7,12,15-16,19H,8-11,13-14H2,1-3H3,(H,32,33)(H,26,27,28)/t16?,19-/m1/s1. The molecule has 2 amide bonds. The van der Waals surface area contributed by atoms with Gasteiger partial charge in [0.05, 0.1) is 12.1 Å².